The SMILES string of the molecule is C=C(C)C(=O)OC(CO)(CO)C(CCCC(C)CO)(OC(=O)C(=C)C)OC(=O)C(=C)C. The van der Waals surface area contributed by atoms with Gasteiger partial charge in [-0.25, -0.2) is 14.4 Å². The Morgan fingerprint density at radius 2 is 1.19 bits per heavy atom. The standard InChI is InChI=1S/C22H34O9/c1-14(2)18(26)29-21(12-24,13-25)22(30-19(27)15(3)4,31-20(28)16(5)6)10-8-9-17(7)11-23/h17,23-25H,1,3,5,8-13H2,2,4,6-7H3. The van der Waals surface area contributed by atoms with Crippen molar-refractivity contribution < 1.29 is 43.9 Å². The smallest absolute Gasteiger partial charge is 0.336 e. The minimum Gasteiger partial charge on any atom is -0.442 e. The van der Waals surface area contributed by atoms with Gasteiger partial charge in [-0.2, -0.15) is 0 Å². The van der Waals surface area contributed by atoms with Crippen molar-refractivity contribution in [3.63, 3.8) is 0 Å². The van der Waals surface area contributed by atoms with Crippen LogP contribution in [0.5, 0.6) is 0 Å². The number of esters is 3. The summed E-state index contributed by atoms with van der Waals surface area (Å²) >= 11 is 0. The molecule has 0 aromatic rings. The van der Waals surface area contributed by atoms with Crippen LogP contribution < -0.4 is 0 Å². The molecular weight excluding hydrogens is 408 g/mol. The molecule has 0 aromatic carbocycles. The highest BCUT2D eigenvalue weighted by Gasteiger charge is 2.61. The van der Waals surface area contributed by atoms with Crippen LogP contribution in [0.25, 0.3) is 0 Å². The van der Waals surface area contributed by atoms with Crippen molar-refractivity contribution in [3.8, 4) is 0 Å². The van der Waals surface area contributed by atoms with Crippen molar-refractivity contribution in [3.05, 3.63) is 36.5 Å². The van der Waals surface area contributed by atoms with E-state index in [1.54, 1.807) is 6.92 Å². The summed E-state index contributed by atoms with van der Waals surface area (Å²) in [5, 5.41) is 29.6. The number of rotatable bonds is 14. The molecule has 0 aliphatic carbocycles. The third-order valence-electron chi connectivity index (χ3n) is 4.57. The molecule has 0 aromatic heterocycles. The summed E-state index contributed by atoms with van der Waals surface area (Å²) in [6, 6.07) is 0. The second-order valence-electron chi connectivity index (χ2n) is 7.75. The molecule has 176 valence electrons. The molecule has 0 bridgehead atoms. The maximum atomic E-state index is 12.5. The summed E-state index contributed by atoms with van der Waals surface area (Å²) in [7, 11) is 0. The van der Waals surface area contributed by atoms with E-state index in [0.717, 1.165) is 0 Å². The second-order valence-corrected chi connectivity index (χ2v) is 7.75. The largest absolute Gasteiger partial charge is 0.442 e. The van der Waals surface area contributed by atoms with Crippen LogP contribution >= 0.6 is 0 Å². The van der Waals surface area contributed by atoms with Gasteiger partial charge < -0.3 is 29.5 Å². The molecule has 0 amide bonds. The Morgan fingerprint density at radius 1 is 0.806 bits per heavy atom. The van der Waals surface area contributed by atoms with Crippen LogP contribution in [0.1, 0.15) is 47.0 Å². The predicted molar refractivity (Wildman–Crippen MR) is 112 cm³/mol. The zero-order chi connectivity index (χ0) is 24.4. The fourth-order valence-electron chi connectivity index (χ4n) is 2.48. The zero-order valence-electron chi connectivity index (χ0n) is 18.7. The Bertz CT molecular complexity index is 676. The van der Waals surface area contributed by atoms with Crippen LogP contribution in [-0.2, 0) is 28.6 Å². The second kappa shape index (κ2) is 12.4. The monoisotopic (exact) mass is 442 g/mol. The Balaban J connectivity index is 6.63. The first-order valence-corrected chi connectivity index (χ1v) is 9.80. The number of ether oxygens (including phenoxy) is 3. The number of hydrogen-bond donors (Lipinski definition) is 3. The van der Waals surface area contributed by atoms with Crippen molar-refractivity contribution in [1.82, 2.24) is 0 Å². The summed E-state index contributed by atoms with van der Waals surface area (Å²) < 4.78 is 16.2. The molecule has 0 radical (unpaired) electrons. The average molecular weight is 443 g/mol. The van der Waals surface area contributed by atoms with E-state index < -0.39 is 42.5 Å². The van der Waals surface area contributed by atoms with Gasteiger partial charge in [0.1, 0.15) is 0 Å². The van der Waals surface area contributed by atoms with Crippen molar-refractivity contribution in [1.29, 1.82) is 0 Å². The topological polar surface area (TPSA) is 140 Å². The van der Waals surface area contributed by atoms with E-state index in [4.69, 9.17) is 14.2 Å². The van der Waals surface area contributed by atoms with Gasteiger partial charge in [0.05, 0.1) is 13.2 Å². The first kappa shape index (κ1) is 28.5. The van der Waals surface area contributed by atoms with Crippen LogP contribution in [-0.4, -0.2) is 64.4 Å². The summed E-state index contributed by atoms with van der Waals surface area (Å²) in [4.78, 5) is 37.2. The third-order valence-corrected chi connectivity index (χ3v) is 4.57. The van der Waals surface area contributed by atoms with Gasteiger partial charge in [0, 0.05) is 29.7 Å². The predicted octanol–water partition coefficient (Wildman–Crippen LogP) is 1.56. The lowest BCUT2D eigenvalue weighted by atomic mass is 9.87. The number of carbonyl (C=O) groups excluding carboxylic acids is 3. The van der Waals surface area contributed by atoms with Crippen LogP contribution in [0.4, 0.5) is 0 Å². The molecule has 0 saturated carbocycles. The molecule has 0 aliphatic heterocycles. The summed E-state index contributed by atoms with van der Waals surface area (Å²) in [5.74, 6) is -5.55. The molecule has 0 saturated heterocycles. The summed E-state index contributed by atoms with van der Waals surface area (Å²) in [6.45, 7) is 14.0. The highest BCUT2D eigenvalue weighted by atomic mass is 16.8. The van der Waals surface area contributed by atoms with Gasteiger partial charge in [-0.3, -0.25) is 0 Å². The molecule has 31 heavy (non-hydrogen) atoms. The highest BCUT2D eigenvalue weighted by molar-refractivity contribution is 5.90. The van der Waals surface area contributed by atoms with Crippen LogP contribution in [0.2, 0.25) is 0 Å². The molecular formula is C22H34O9. The van der Waals surface area contributed by atoms with Crippen LogP contribution in [0.15, 0.2) is 36.5 Å². The van der Waals surface area contributed by atoms with Crippen molar-refractivity contribution in [2.45, 2.75) is 58.3 Å². The molecule has 1 unspecified atom stereocenters. The van der Waals surface area contributed by atoms with Crippen molar-refractivity contribution in [2.75, 3.05) is 19.8 Å². The normalized spacial score (nSPS) is 12.5. The van der Waals surface area contributed by atoms with E-state index in [1.165, 1.54) is 20.8 Å². The summed E-state index contributed by atoms with van der Waals surface area (Å²) in [6.07, 6.45) is 0.357. The molecule has 3 N–H and O–H groups in total. The quantitative estimate of drug-likeness (QED) is 0.208. The lowest BCUT2D eigenvalue weighted by Gasteiger charge is -2.45. The fourth-order valence-corrected chi connectivity index (χ4v) is 2.48. The molecule has 0 rings (SSSR count). The van der Waals surface area contributed by atoms with Crippen molar-refractivity contribution >= 4 is 17.9 Å². The van der Waals surface area contributed by atoms with Crippen molar-refractivity contribution in [2.24, 2.45) is 5.92 Å². The lowest BCUT2D eigenvalue weighted by Crippen LogP contribution is -2.65. The summed E-state index contributed by atoms with van der Waals surface area (Å²) in [5.41, 5.74) is -2.54. The lowest BCUT2D eigenvalue weighted by molar-refractivity contribution is -0.311. The van der Waals surface area contributed by atoms with Gasteiger partial charge >= 0.3 is 23.7 Å². The van der Waals surface area contributed by atoms with Gasteiger partial charge in [0.15, 0.2) is 0 Å². The molecule has 9 heteroatoms. The molecule has 0 fully saturated rings. The Hall–Kier alpha value is -2.49. The van der Waals surface area contributed by atoms with E-state index in [9.17, 15) is 29.7 Å². The number of aliphatic hydroxyl groups excluding tert-OH is 3. The third kappa shape index (κ3) is 7.61. The van der Waals surface area contributed by atoms with Gasteiger partial charge in [-0.15, -0.1) is 0 Å². The molecule has 9 nitrogen and oxygen atoms in total. The maximum absolute atomic E-state index is 12.5. The minimum absolute atomic E-state index is 0.0597. The Labute approximate surface area is 183 Å². The Morgan fingerprint density at radius 3 is 1.52 bits per heavy atom. The van der Waals surface area contributed by atoms with E-state index in [2.05, 4.69) is 19.7 Å². The van der Waals surface area contributed by atoms with E-state index in [1.807, 2.05) is 0 Å². The zero-order valence-corrected chi connectivity index (χ0v) is 18.7. The van der Waals surface area contributed by atoms with E-state index >= 15 is 0 Å². The fraction of sp³-hybridized carbons (Fsp3) is 0.591. The average Bonchev–Trinajstić information content (AvgIpc) is 2.70. The van der Waals surface area contributed by atoms with Gasteiger partial charge in [-0.1, -0.05) is 26.7 Å². The first-order valence-electron chi connectivity index (χ1n) is 9.80. The van der Waals surface area contributed by atoms with Gasteiger partial charge in [0.25, 0.3) is 0 Å². The van der Waals surface area contributed by atoms with E-state index in [-0.39, 0.29) is 42.1 Å². The Kier molecular flexibility index (Phi) is 11.4. The molecule has 0 spiro atoms. The van der Waals surface area contributed by atoms with Gasteiger partial charge in [-0.05, 0) is 39.5 Å². The van der Waals surface area contributed by atoms with Gasteiger partial charge in [0.2, 0.25) is 5.60 Å². The van der Waals surface area contributed by atoms with E-state index in [0.29, 0.717) is 6.42 Å². The number of carbonyl (C=O) groups is 3. The molecule has 1 atom stereocenters. The maximum Gasteiger partial charge on any atom is 0.336 e. The first-order chi connectivity index (χ1) is 14.3. The minimum atomic E-state index is -2.41. The number of aliphatic hydroxyl groups is 3. The van der Waals surface area contributed by atoms with Crippen LogP contribution in [0.3, 0.4) is 0 Å². The van der Waals surface area contributed by atoms with Crippen LogP contribution in [0, 0.1) is 5.92 Å². The molecule has 0 aliphatic rings. The number of hydrogen-bond acceptors (Lipinski definition) is 9. The highest BCUT2D eigenvalue weighted by Crippen LogP contribution is 2.38. The molecule has 0 heterocycles.